The van der Waals surface area contributed by atoms with E-state index >= 15 is 0 Å². The van der Waals surface area contributed by atoms with Gasteiger partial charge in [0.25, 0.3) is 0 Å². The van der Waals surface area contributed by atoms with E-state index in [2.05, 4.69) is 192 Å². The summed E-state index contributed by atoms with van der Waals surface area (Å²) in [5.41, 5.74) is 13.8. The molecule has 1 fully saturated rings. The molecule has 0 radical (unpaired) electrons. The second kappa shape index (κ2) is 14.1. The number of thioether (sulfide) groups is 1. The Morgan fingerprint density at radius 2 is 1.60 bits per heavy atom. The van der Waals surface area contributed by atoms with Crippen molar-refractivity contribution < 1.29 is 0 Å². The standard InChI is InChI=1S/C55H52N2S/c1-3-16-39(17-4-1)56(40-18-5-2-6-19-40)41-33-30-37(31-34-41)38-32-35-43-42-20-7-9-22-45(42)55(48(43)36-38)46-23-10-8-21-44(46)54-47(55)24-15-27-51(54)57-49-25-11-13-28-52(49)58-53-29-14-12-26-50(53)57/h1-5,7-9,11-18,20-22,24-25,27-30,32,35-36,41,43,47-50,52,54H,6,10,19,23,26,31,33-34H2. The van der Waals surface area contributed by atoms with Gasteiger partial charge in [0.05, 0.1) is 17.3 Å². The lowest BCUT2D eigenvalue weighted by Crippen LogP contribution is -2.53. The van der Waals surface area contributed by atoms with E-state index in [-0.39, 0.29) is 5.41 Å². The molecule has 0 aromatic heterocycles. The highest BCUT2D eigenvalue weighted by molar-refractivity contribution is 8.04. The molecule has 9 aliphatic carbocycles. The lowest BCUT2D eigenvalue weighted by molar-refractivity contribution is 0.190. The monoisotopic (exact) mass is 772 g/mol. The van der Waals surface area contributed by atoms with Crippen LogP contribution >= 0.6 is 11.8 Å². The fourth-order valence-electron chi connectivity index (χ4n) is 12.9. The highest BCUT2D eigenvalue weighted by Gasteiger charge is 2.64. The predicted octanol–water partition coefficient (Wildman–Crippen LogP) is 12.8. The van der Waals surface area contributed by atoms with Gasteiger partial charge in [-0.2, -0.15) is 0 Å². The van der Waals surface area contributed by atoms with Gasteiger partial charge in [-0.15, -0.1) is 11.8 Å². The summed E-state index contributed by atoms with van der Waals surface area (Å²) in [5.74, 6) is 1.47. The van der Waals surface area contributed by atoms with E-state index in [4.69, 9.17) is 0 Å². The first-order valence-corrected chi connectivity index (χ1v) is 23.0. The van der Waals surface area contributed by atoms with Crippen molar-refractivity contribution in [2.75, 3.05) is 4.90 Å². The van der Waals surface area contributed by atoms with E-state index in [1.165, 1.54) is 34.0 Å². The smallest absolute Gasteiger partial charge is 0.0640 e. The van der Waals surface area contributed by atoms with Crippen LogP contribution in [0.2, 0.25) is 0 Å². The molecule has 288 valence electrons. The SMILES string of the molecule is C1=CCCC(N(c2ccccc2)C2CC=C(C3=CC4C(C=C3)c3ccccc3C43C4=C(C=CCC4)C4C(N5C6CC=CC=C6SC6C=CC=CC65)=CC=CC43)CC2)=C1. The van der Waals surface area contributed by atoms with E-state index in [1.54, 1.807) is 27.8 Å². The molecule has 10 aliphatic rings. The van der Waals surface area contributed by atoms with Crippen molar-refractivity contribution in [3.8, 4) is 0 Å². The molecular weight excluding hydrogens is 721 g/mol. The summed E-state index contributed by atoms with van der Waals surface area (Å²) < 4.78 is 0. The minimum atomic E-state index is -0.0712. The largest absolute Gasteiger partial charge is 0.359 e. The molecule has 0 amide bonds. The van der Waals surface area contributed by atoms with Gasteiger partial charge in [-0.1, -0.05) is 151 Å². The molecule has 0 saturated carbocycles. The topological polar surface area (TPSA) is 6.48 Å². The molecule has 12 rings (SSSR count). The number of benzene rings is 2. The Bertz CT molecular complexity index is 2450. The average molecular weight is 773 g/mol. The van der Waals surface area contributed by atoms with E-state index < -0.39 is 0 Å². The molecule has 2 aromatic carbocycles. The van der Waals surface area contributed by atoms with E-state index in [9.17, 15) is 0 Å². The second-order valence-corrected chi connectivity index (χ2v) is 19.1. The predicted molar refractivity (Wildman–Crippen MR) is 243 cm³/mol. The van der Waals surface area contributed by atoms with Crippen LogP contribution < -0.4 is 4.90 Å². The van der Waals surface area contributed by atoms with E-state index in [0.29, 0.717) is 47.0 Å². The third-order valence-electron chi connectivity index (χ3n) is 15.2. The van der Waals surface area contributed by atoms with Crippen molar-refractivity contribution in [1.29, 1.82) is 0 Å². The van der Waals surface area contributed by atoms with Crippen LogP contribution in [0.3, 0.4) is 0 Å². The van der Waals surface area contributed by atoms with Gasteiger partial charge in [-0.05, 0) is 103 Å². The zero-order valence-corrected chi connectivity index (χ0v) is 34.1. The molecule has 2 aromatic rings. The zero-order chi connectivity index (χ0) is 38.2. The molecule has 9 unspecified atom stereocenters. The number of allylic oxidation sites excluding steroid dienone is 20. The maximum Gasteiger partial charge on any atom is 0.0640 e. The molecule has 2 nitrogen and oxygen atoms in total. The Kier molecular flexibility index (Phi) is 8.50. The number of fused-ring (bicyclic) bond motifs is 11. The molecule has 3 heteroatoms. The summed E-state index contributed by atoms with van der Waals surface area (Å²) in [6, 6.07) is 22.0. The maximum absolute atomic E-state index is 2.88. The molecule has 0 N–H and O–H groups in total. The van der Waals surface area contributed by atoms with Crippen molar-refractivity contribution in [3.05, 3.63) is 220 Å². The fourth-order valence-corrected chi connectivity index (χ4v) is 14.3. The van der Waals surface area contributed by atoms with Crippen LogP contribution in [0.25, 0.3) is 0 Å². The Labute approximate surface area is 349 Å². The number of rotatable bonds is 5. The van der Waals surface area contributed by atoms with Crippen LogP contribution in [0.5, 0.6) is 0 Å². The Morgan fingerprint density at radius 1 is 0.724 bits per heavy atom. The third-order valence-corrected chi connectivity index (χ3v) is 16.6. The summed E-state index contributed by atoms with van der Waals surface area (Å²) in [6.45, 7) is 0. The number of nitrogens with zero attached hydrogens (tertiary/aromatic N) is 2. The van der Waals surface area contributed by atoms with Crippen LogP contribution in [0.1, 0.15) is 68.4 Å². The van der Waals surface area contributed by atoms with Crippen LogP contribution in [-0.2, 0) is 5.41 Å². The van der Waals surface area contributed by atoms with E-state index in [0.717, 1.165) is 44.9 Å². The normalized spacial score (nSPS) is 34.6. The van der Waals surface area contributed by atoms with Gasteiger partial charge in [0.1, 0.15) is 0 Å². The molecular formula is C55H52N2S. The third kappa shape index (κ3) is 5.24. The van der Waals surface area contributed by atoms with Crippen molar-refractivity contribution >= 4 is 17.4 Å². The van der Waals surface area contributed by atoms with Gasteiger partial charge in [-0.3, -0.25) is 0 Å². The molecule has 1 saturated heterocycles. The minimum Gasteiger partial charge on any atom is -0.359 e. The van der Waals surface area contributed by atoms with Crippen molar-refractivity contribution in [2.24, 2.45) is 17.8 Å². The van der Waals surface area contributed by atoms with E-state index in [1.807, 2.05) is 0 Å². The first-order chi connectivity index (χ1) is 28.8. The summed E-state index contributed by atoms with van der Waals surface area (Å²) in [4.78, 5) is 7.07. The first-order valence-electron chi connectivity index (χ1n) is 22.1. The molecule has 58 heavy (non-hydrogen) atoms. The van der Waals surface area contributed by atoms with Crippen LogP contribution in [0, 0.1) is 17.8 Å². The van der Waals surface area contributed by atoms with Gasteiger partial charge in [0.2, 0.25) is 0 Å². The molecule has 1 spiro atoms. The Balaban J connectivity index is 0.937. The summed E-state index contributed by atoms with van der Waals surface area (Å²) >= 11 is 2.09. The number of anilines is 1. The summed E-state index contributed by atoms with van der Waals surface area (Å²) in [5, 5.41) is 0.430. The van der Waals surface area contributed by atoms with Gasteiger partial charge < -0.3 is 9.80 Å². The zero-order valence-electron chi connectivity index (χ0n) is 33.2. The van der Waals surface area contributed by atoms with Crippen LogP contribution in [0.4, 0.5) is 5.69 Å². The van der Waals surface area contributed by atoms with Crippen LogP contribution in [0.15, 0.2) is 209 Å². The number of hydrogen-bond donors (Lipinski definition) is 0. The lowest BCUT2D eigenvalue weighted by Gasteiger charge is -2.52. The Hall–Kier alpha value is -4.99. The van der Waals surface area contributed by atoms with Crippen molar-refractivity contribution in [3.63, 3.8) is 0 Å². The molecule has 0 bridgehead atoms. The van der Waals surface area contributed by atoms with Gasteiger partial charge in [-0.25, -0.2) is 0 Å². The quantitative estimate of drug-likeness (QED) is 0.299. The van der Waals surface area contributed by atoms with Crippen molar-refractivity contribution in [1.82, 2.24) is 4.90 Å². The molecule has 9 atom stereocenters. The van der Waals surface area contributed by atoms with Crippen LogP contribution in [-0.4, -0.2) is 28.3 Å². The van der Waals surface area contributed by atoms with Gasteiger partial charge >= 0.3 is 0 Å². The molecule has 1 aliphatic heterocycles. The molecule has 1 heterocycles. The fraction of sp³-hybridized carbons (Fsp3) is 0.309. The highest BCUT2D eigenvalue weighted by atomic mass is 32.2. The lowest BCUT2D eigenvalue weighted by atomic mass is 9.59. The Morgan fingerprint density at radius 3 is 2.50 bits per heavy atom. The van der Waals surface area contributed by atoms with Crippen molar-refractivity contribution in [2.45, 2.75) is 86.1 Å². The summed E-state index contributed by atoms with van der Waals surface area (Å²) in [6.07, 6.45) is 55.6. The first kappa shape index (κ1) is 35.0. The maximum atomic E-state index is 2.88. The summed E-state index contributed by atoms with van der Waals surface area (Å²) in [7, 11) is 0. The average Bonchev–Trinajstić information content (AvgIpc) is 3.76. The highest BCUT2D eigenvalue weighted by Crippen LogP contribution is 2.69. The second-order valence-electron chi connectivity index (χ2n) is 17.8. The number of para-hydroxylation sites is 1. The van der Waals surface area contributed by atoms with Gasteiger partial charge in [0, 0.05) is 57.1 Å². The van der Waals surface area contributed by atoms with Gasteiger partial charge in [0.15, 0.2) is 0 Å². The number of hydrogen-bond acceptors (Lipinski definition) is 3. The minimum absolute atomic E-state index is 0.0712.